The Kier molecular flexibility index (Phi) is 4.27. The molecule has 2 heterocycles. The van der Waals surface area contributed by atoms with Gasteiger partial charge in [-0.3, -0.25) is 9.20 Å². The topological polar surface area (TPSA) is 130 Å². The number of nitrogen functional groups attached to an aromatic ring is 1. The number of hydrogen-bond donors (Lipinski definition) is 1. The first-order valence-corrected chi connectivity index (χ1v) is 10.4. The van der Waals surface area contributed by atoms with Gasteiger partial charge in [0, 0.05) is 16.2 Å². The van der Waals surface area contributed by atoms with Crippen molar-refractivity contribution in [1.29, 1.82) is 0 Å². The number of hydrogen-bond acceptors (Lipinski definition) is 7. The van der Waals surface area contributed by atoms with Crippen LogP contribution in [0.2, 0.25) is 0 Å². The maximum Gasteiger partial charge on any atom is 1.00 e. The molecule has 0 saturated heterocycles. The summed E-state index contributed by atoms with van der Waals surface area (Å²) in [6.07, 6.45) is 0. The van der Waals surface area contributed by atoms with Crippen molar-refractivity contribution in [2.45, 2.75) is 4.90 Å². The van der Waals surface area contributed by atoms with Crippen molar-refractivity contribution in [3.8, 4) is 0 Å². The van der Waals surface area contributed by atoms with Crippen LogP contribution in [-0.4, -0.2) is 27.3 Å². The number of para-hydroxylation sites is 2. The third-order valence-electron chi connectivity index (χ3n) is 5.46. The molecule has 31 heavy (non-hydrogen) atoms. The van der Waals surface area contributed by atoms with Crippen LogP contribution in [0.5, 0.6) is 0 Å². The molecular weight excluding hydrogens is 427 g/mol. The molecule has 0 fully saturated rings. The van der Waals surface area contributed by atoms with Crippen molar-refractivity contribution in [2.24, 2.45) is 0 Å². The average Bonchev–Trinajstić information content (AvgIpc) is 3.09. The predicted octanol–water partition coefficient (Wildman–Crippen LogP) is -0.370. The fraction of sp³-hybridized carbons (Fsp3) is 0. The Balaban J connectivity index is 0.00000204. The second-order valence-corrected chi connectivity index (χ2v) is 8.43. The standard InChI is InChI=1S/C21H12N4O4S.Na/c22-18-15(30(27,28)29)9-14-16-17(18)20(26)11-6-2-1-5-10(11)19(16)24-21-23-12-7-3-4-8-13(12)25(14)21;/h1-9H,22H2,(H,27,28,29);/q;+1/p-1. The fourth-order valence-corrected chi connectivity index (χ4v) is 4.84. The van der Waals surface area contributed by atoms with E-state index in [0.717, 1.165) is 0 Å². The van der Waals surface area contributed by atoms with Crippen LogP contribution < -0.4 is 40.7 Å². The molecule has 4 aromatic carbocycles. The Morgan fingerprint density at radius 2 is 1.58 bits per heavy atom. The molecule has 2 N–H and O–H groups in total. The summed E-state index contributed by atoms with van der Waals surface area (Å²) in [6.45, 7) is 0. The zero-order chi connectivity index (χ0) is 20.8. The largest absolute Gasteiger partial charge is 1.00 e. The van der Waals surface area contributed by atoms with Crippen LogP contribution in [0.1, 0.15) is 0 Å². The van der Waals surface area contributed by atoms with Crippen molar-refractivity contribution < 1.29 is 42.5 Å². The van der Waals surface area contributed by atoms with Crippen molar-refractivity contribution >= 4 is 65.2 Å². The van der Waals surface area contributed by atoms with E-state index in [-0.39, 0.29) is 40.6 Å². The SMILES string of the molecule is Nc1c(S(=O)(=O)[O-])cc2c3c1c(=O)c1ccccc1c3nc1nc3ccccc3n12.[Na+]. The van der Waals surface area contributed by atoms with Crippen LogP contribution in [0.3, 0.4) is 0 Å². The minimum Gasteiger partial charge on any atom is -0.744 e. The molecule has 8 nitrogen and oxygen atoms in total. The van der Waals surface area contributed by atoms with Crippen LogP contribution in [0.25, 0.3) is 49.4 Å². The van der Waals surface area contributed by atoms with Crippen LogP contribution in [-0.2, 0) is 10.1 Å². The number of aromatic nitrogens is 3. The Morgan fingerprint density at radius 3 is 2.32 bits per heavy atom. The van der Waals surface area contributed by atoms with Gasteiger partial charge in [-0.05, 0) is 18.2 Å². The van der Waals surface area contributed by atoms with Crippen molar-refractivity contribution in [1.82, 2.24) is 14.4 Å². The summed E-state index contributed by atoms with van der Waals surface area (Å²) in [5, 5.41) is 1.32. The van der Waals surface area contributed by atoms with Crippen LogP contribution in [0.4, 0.5) is 5.69 Å². The molecule has 0 aliphatic heterocycles. The average molecular weight is 438 g/mol. The summed E-state index contributed by atoms with van der Waals surface area (Å²) in [4.78, 5) is 21.9. The summed E-state index contributed by atoms with van der Waals surface area (Å²) in [5.74, 6) is 0.327. The molecule has 0 aliphatic rings. The first kappa shape index (κ1) is 20.1. The summed E-state index contributed by atoms with van der Waals surface area (Å²) < 4.78 is 37.6. The molecule has 0 bridgehead atoms. The minimum absolute atomic E-state index is 0. The second-order valence-electron chi connectivity index (χ2n) is 7.08. The number of imidazole rings is 1. The van der Waals surface area contributed by atoms with Gasteiger partial charge >= 0.3 is 29.6 Å². The summed E-state index contributed by atoms with van der Waals surface area (Å²) in [7, 11) is -4.93. The van der Waals surface area contributed by atoms with E-state index in [4.69, 9.17) is 10.7 Å². The first-order chi connectivity index (χ1) is 14.4. The summed E-state index contributed by atoms with van der Waals surface area (Å²) in [6, 6.07) is 15.3. The van der Waals surface area contributed by atoms with Gasteiger partial charge in [0.2, 0.25) is 5.78 Å². The van der Waals surface area contributed by atoms with Gasteiger partial charge in [-0.2, -0.15) is 0 Å². The van der Waals surface area contributed by atoms with Gasteiger partial charge in [-0.15, -0.1) is 0 Å². The van der Waals surface area contributed by atoms with E-state index in [1.807, 2.05) is 12.1 Å². The zero-order valence-corrected chi connectivity index (χ0v) is 19.0. The van der Waals surface area contributed by atoms with Crippen molar-refractivity contribution in [3.05, 3.63) is 64.8 Å². The number of anilines is 1. The molecule has 6 aromatic rings. The van der Waals surface area contributed by atoms with Crippen molar-refractivity contribution in [3.63, 3.8) is 0 Å². The Bertz CT molecular complexity index is 1870. The number of fused-ring (bicyclic) bond motifs is 6. The molecule has 10 heteroatoms. The van der Waals surface area contributed by atoms with Gasteiger partial charge in [0.1, 0.15) is 10.1 Å². The van der Waals surface area contributed by atoms with E-state index in [1.165, 1.54) is 6.07 Å². The van der Waals surface area contributed by atoms with Crippen LogP contribution >= 0.6 is 0 Å². The Morgan fingerprint density at radius 1 is 0.903 bits per heavy atom. The maximum absolute atomic E-state index is 13.3. The first-order valence-electron chi connectivity index (χ1n) is 8.99. The van der Waals surface area contributed by atoms with Gasteiger partial charge in [0.25, 0.3) is 0 Å². The molecule has 0 atom stereocenters. The number of rotatable bonds is 1. The van der Waals surface area contributed by atoms with E-state index < -0.39 is 20.4 Å². The van der Waals surface area contributed by atoms with Gasteiger partial charge in [-0.1, -0.05) is 36.4 Å². The fourth-order valence-electron chi connectivity index (χ4n) is 4.22. The Labute approximate surface area is 196 Å². The molecule has 0 spiro atoms. The quantitative estimate of drug-likeness (QED) is 0.122. The molecule has 0 amide bonds. The van der Waals surface area contributed by atoms with Gasteiger partial charge in [0.05, 0.1) is 38.0 Å². The smallest absolute Gasteiger partial charge is 0.744 e. The molecule has 146 valence electrons. The Hall–Kier alpha value is -2.82. The zero-order valence-electron chi connectivity index (χ0n) is 16.2. The monoisotopic (exact) mass is 438 g/mol. The second kappa shape index (κ2) is 6.59. The van der Waals surface area contributed by atoms with E-state index in [2.05, 4.69) is 4.98 Å². The molecule has 0 saturated carbocycles. The van der Waals surface area contributed by atoms with Crippen molar-refractivity contribution in [2.75, 3.05) is 5.73 Å². The molecule has 2 aromatic heterocycles. The normalized spacial score (nSPS) is 12.3. The molecule has 0 radical (unpaired) electrons. The molecule has 0 unspecified atom stereocenters. The van der Waals surface area contributed by atoms with E-state index in [1.54, 1.807) is 40.8 Å². The number of nitrogens with zero attached hydrogens (tertiary/aromatic N) is 3. The van der Waals surface area contributed by atoms with Crippen LogP contribution in [0.15, 0.2) is 64.3 Å². The van der Waals surface area contributed by atoms with E-state index >= 15 is 0 Å². The molecular formula is C21H11N4NaO4S. The maximum atomic E-state index is 13.3. The third-order valence-corrected chi connectivity index (χ3v) is 6.34. The van der Waals surface area contributed by atoms with Crippen LogP contribution in [0, 0.1) is 0 Å². The number of benzene rings is 4. The number of nitrogens with two attached hydrogens (primary N) is 1. The van der Waals surface area contributed by atoms with E-state index in [0.29, 0.717) is 44.0 Å². The van der Waals surface area contributed by atoms with Gasteiger partial charge in [0.15, 0.2) is 5.43 Å². The van der Waals surface area contributed by atoms with Gasteiger partial charge in [-0.25, -0.2) is 18.4 Å². The summed E-state index contributed by atoms with van der Waals surface area (Å²) in [5.41, 5.74) is 7.40. The molecule has 0 aliphatic carbocycles. The minimum atomic E-state index is -4.93. The molecule has 6 rings (SSSR count). The predicted molar refractivity (Wildman–Crippen MR) is 113 cm³/mol. The van der Waals surface area contributed by atoms with Gasteiger partial charge < -0.3 is 10.3 Å². The summed E-state index contributed by atoms with van der Waals surface area (Å²) >= 11 is 0. The third kappa shape index (κ3) is 2.61. The van der Waals surface area contributed by atoms with E-state index in [9.17, 15) is 17.8 Å².